The van der Waals surface area contributed by atoms with E-state index in [1.165, 1.54) is 23.5 Å². The molecule has 0 spiro atoms. The van der Waals surface area contributed by atoms with Crippen LogP contribution in [0.15, 0.2) is 66.0 Å². The fraction of sp³-hybridized carbons (Fsp3) is 0.0476. The Morgan fingerprint density at radius 1 is 0.900 bits per heavy atom. The minimum absolute atomic E-state index is 0.0668. The van der Waals surface area contributed by atoms with Gasteiger partial charge in [-0.2, -0.15) is 0 Å². The molecule has 9 heteroatoms. The Morgan fingerprint density at radius 2 is 1.63 bits per heavy atom. The number of carbonyl (C=O) groups excluding carboxylic acids is 4. The van der Waals surface area contributed by atoms with E-state index in [9.17, 15) is 19.2 Å². The smallest absolute Gasteiger partial charge is 0.340 e. The molecule has 152 valence electrons. The lowest BCUT2D eigenvalue weighted by molar-refractivity contribution is -0.123. The second-order valence-electron chi connectivity index (χ2n) is 5.94. The Morgan fingerprint density at radius 3 is 2.33 bits per heavy atom. The zero-order valence-corrected chi connectivity index (χ0v) is 17.0. The largest absolute Gasteiger partial charge is 0.452 e. The molecule has 0 radical (unpaired) electrons. The lowest BCUT2D eigenvalue weighted by atomic mass is 10.1. The molecular weight excluding hydrogens is 428 g/mol. The fourth-order valence-corrected chi connectivity index (χ4v) is 3.15. The molecule has 3 rings (SSSR count). The predicted octanol–water partition coefficient (Wildman–Crippen LogP) is 3.77. The molecule has 2 N–H and O–H groups in total. The van der Waals surface area contributed by atoms with E-state index in [0.717, 1.165) is 0 Å². The number of hydrogen-bond acceptors (Lipinski definition) is 6. The number of ether oxygens (including phenoxy) is 1. The Balaban J connectivity index is 1.61. The van der Waals surface area contributed by atoms with Gasteiger partial charge in [-0.05, 0) is 47.8 Å². The summed E-state index contributed by atoms with van der Waals surface area (Å²) in [6, 6.07) is 15.7. The van der Waals surface area contributed by atoms with E-state index in [-0.39, 0.29) is 11.3 Å². The summed E-state index contributed by atoms with van der Waals surface area (Å²) in [7, 11) is 0. The van der Waals surface area contributed by atoms with Crippen molar-refractivity contribution in [1.82, 2.24) is 5.32 Å². The van der Waals surface area contributed by atoms with Gasteiger partial charge in [-0.3, -0.25) is 19.7 Å². The third kappa shape index (κ3) is 5.53. The summed E-state index contributed by atoms with van der Waals surface area (Å²) in [5.74, 6) is -2.59. The second kappa shape index (κ2) is 9.82. The average Bonchev–Trinajstić information content (AvgIpc) is 3.28. The van der Waals surface area contributed by atoms with Gasteiger partial charge in [-0.15, -0.1) is 11.3 Å². The summed E-state index contributed by atoms with van der Waals surface area (Å²) in [6.07, 6.45) is 0. The van der Waals surface area contributed by atoms with Crippen LogP contribution >= 0.6 is 22.9 Å². The van der Waals surface area contributed by atoms with Crippen LogP contribution in [0.2, 0.25) is 5.02 Å². The summed E-state index contributed by atoms with van der Waals surface area (Å²) in [5, 5.41) is 6.96. The van der Waals surface area contributed by atoms with Crippen LogP contribution in [0.5, 0.6) is 0 Å². The zero-order valence-electron chi connectivity index (χ0n) is 15.4. The van der Waals surface area contributed by atoms with E-state index in [2.05, 4.69) is 10.6 Å². The fourth-order valence-electron chi connectivity index (χ4n) is 2.41. The van der Waals surface area contributed by atoms with Gasteiger partial charge >= 0.3 is 5.97 Å². The highest BCUT2D eigenvalue weighted by Gasteiger charge is 2.18. The maximum Gasteiger partial charge on any atom is 0.340 e. The van der Waals surface area contributed by atoms with Crippen molar-refractivity contribution in [2.75, 3.05) is 11.9 Å². The van der Waals surface area contributed by atoms with Gasteiger partial charge in [0, 0.05) is 10.6 Å². The maximum absolute atomic E-state index is 12.4. The highest BCUT2D eigenvalue weighted by molar-refractivity contribution is 7.12. The van der Waals surface area contributed by atoms with Crippen molar-refractivity contribution in [1.29, 1.82) is 0 Å². The number of anilines is 1. The van der Waals surface area contributed by atoms with E-state index >= 15 is 0 Å². The first kappa shape index (κ1) is 21.2. The van der Waals surface area contributed by atoms with Crippen molar-refractivity contribution in [3.63, 3.8) is 0 Å². The normalized spacial score (nSPS) is 10.2. The Kier molecular flexibility index (Phi) is 6.95. The van der Waals surface area contributed by atoms with Gasteiger partial charge in [-0.1, -0.05) is 29.8 Å². The number of carbonyl (C=O) groups is 4. The standard InChI is InChI=1S/C21H15ClN2O5S/c22-14-9-7-13(8-10-14)19(26)23-16-5-2-1-4-15(16)21(28)29-12-18(25)24-20(27)17-6-3-11-30-17/h1-11H,12H2,(H,23,26)(H,24,25,27). The molecule has 3 aromatic rings. The molecule has 0 aliphatic rings. The predicted molar refractivity (Wildman–Crippen MR) is 113 cm³/mol. The molecule has 30 heavy (non-hydrogen) atoms. The number of halogens is 1. The molecule has 0 fully saturated rings. The van der Waals surface area contributed by atoms with Crippen molar-refractivity contribution in [2.24, 2.45) is 0 Å². The van der Waals surface area contributed by atoms with Gasteiger partial charge in [0.15, 0.2) is 6.61 Å². The van der Waals surface area contributed by atoms with Crippen molar-refractivity contribution in [3.05, 3.63) is 87.1 Å². The first-order valence-corrected chi connectivity index (χ1v) is 9.90. The van der Waals surface area contributed by atoms with E-state index < -0.39 is 30.3 Å². The molecule has 7 nitrogen and oxygen atoms in total. The molecule has 1 aromatic heterocycles. The van der Waals surface area contributed by atoms with E-state index in [1.54, 1.807) is 53.9 Å². The summed E-state index contributed by atoms with van der Waals surface area (Å²) < 4.78 is 4.98. The van der Waals surface area contributed by atoms with E-state index in [1.807, 2.05) is 0 Å². The van der Waals surface area contributed by atoms with Crippen LogP contribution in [0.3, 0.4) is 0 Å². The molecule has 0 atom stereocenters. The number of amides is 3. The first-order valence-electron chi connectivity index (χ1n) is 8.65. The first-order chi connectivity index (χ1) is 14.4. The van der Waals surface area contributed by atoms with E-state index in [0.29, 0.717) is 15.5 Å². The van der Waals surface area contributed by atoms with Gasteiger partial charge in [0.25, 0.3) is 17.7 Å². The van der Waals surface area contributed by atoms with Crippen LogP contribution in [0.25, 0.3) is 0 Å². The molecule has 1 heterocycles. The van der Waals surface area contributed by atoms with Crippen LogP contribution in [0, 0.1) is 0 Å². The molecule has 0 unspecified atom stereocenters. The molecule has 0 bridgehead atoms. The van der Waals surface area contributed by atoms with Gasteiger partial charge in [0.2, 0.25) is 0 Å². The SMILES string of the molecule is O=C(COC(=O)c1ccccc1NC(=O)c1ccc(Cl)cc1)NC(=O)c1cccs1. The van der Waals surface area contributed by atoms with Gasteiger partial charge < -0.3 is 10.1 Å². The van der Waals surface area contributed by atoms with Crippen molar-refractivity contribution < 1.29 is 23.9 Å². The number of hydrogen-bond donors (Lipinski definition) is 2. The Labute approximate surface area is 180 Å². The van der Waals surface area contributed by atoms with Crippen molar-refractivity contribution >= 4 is 52.3 Å². The molecule has 3 amide bonds. The minimum Gasteiger partial charge on any atom is -0.452 e. The van der Waals surface area contributed by atoms with Gasteiger partial charge in [0.1, 0.15) is 0 Å². The Hall–Kier alpha value is -3.49. The number of nitrogens with one attached hydrogen (secondary N) is 2. The number of rotatable bonds is 6. The number of benzene rings is 2. The van der Waals surface area contributed by atoms with Crippen LogP contribution in [-0.2, 0) is 9.53 Å². The van der Waals surface area contributed by atoms with Crippen molar-refractivity contribution in [2.45, 2.75) is 0 Å². The number of para-hydroxylation sites is 1. The van der Waals surface area contributed by atoms with Crippen molar-refractivity contribution in [3.8, 4) is 0 Å². The Bertz CT molecular complexity index is 1080. The monoisotopic (exact) mass is 442 g/mol. The molecule has 2 aromatic carbocycles. The van der Waals surface area contributed by atoms with Gasteiger partial charge in [-0.25, -0.2) is 4.79 Å². The lowest BCUT2D eigenvalue weighted by Gasteiger charge is -2.11. The van der Waals surface area contributed by atoms with Crippen LogP contribution in [0.4, 0.5) is 5.69 Å². The summed E-state index contributed by atoms with van der Waals surface area (Å²) in [6.45, 7) is -0.643. The third-order valence-corrected chi connectivity index (χ3v) is 4.95. The number of esters is 1. The van der Waals surface area contributed by atoms with Crippen LogP contribution < -0.4 is 10.6 Å². The third-order valence-electron chi connectivity index (χ3n) is 3.83. The highest BCUT2D eigenvalue weighted by Crippen LogP contribution is 2.18. The average molecular weight is 443 g/mol. The maximum atomic E-state index is 12.4. The van der Waals surface area contributed by atoms with Gasteiger partial charge in [0.05, 0.1) is 16.1 Å². The van der Waals surface area contributed by atoms with E-state index in [4.69, 9.17) is 16.3 Å². The second-order valence-corrected chi connectivity index (χ2v) is 7.32. The number of imide groups is 1. The summed E-state index contributed by atoms with van der Waals surface area (Å²) >= 11 is 7.00. The lowest BCUT2D eigenvalue weighted by Crippen LogP contribution is -2.33. The molecule has 0 saturated heterocycles. The molecule has 0 aliphatic carbocycles. The molecule has 0 saturated carbocycles. The van der Waals surface area contributed by atoms with Crippen LogP contribution in [0.1, 0.15) is 30.4 Å². The van der Waals surface area contributed by atoms with Crippen LogP contribution in [-0.4, -0.2) is 30.3 Å². The molecular formula is C21H15ClN2O5S. The topological polar surface area (TPSA) is 102 Å². The summed E-state index contributed by atoms with van der Waals surface area (Å²) in [5.41, 5.74) is 0.642. The zero-order chi connectivity index (χ0) is 21.5. The number of thiophene rings is 1. The minimum atomic E-state index is -0.819. The molecule has 0 aliphatic heterocycles. The summed E-state index contributed by atoms with van der Waals surface area (Å²) in [4.78, 5) is 48.9. The highest BCUT2D eigenvalue weighted by atomic mass is 35.5. The quantitative estimate of drug-likeness (QED) is 0.566.